The number of carbonyl (C=O) groups is 2. The average molecular weight is 621 g/mol. The number of amides is 2. The summed E-state index contributed by atoms with van der Waals surface area (Å²) >= 11 is 0. The van der Waals surface area contributed by atoms with E-state index in [0.29, 0.717) is 49.2 Å². The Morgan fingerprint density at radius 2 is 0.891 bits per heavy atom. The summed E-state index contributed by atoms with van der Waals surface area (Å²) in [4.78, 5) is 30.7. The fourth-order valence-electron chi connectivity index (χ4n) is 4.84. The van der Waals surface area contributed by atoms with Gasteiger partial charge in [0, 0.05) is 38.3 Å². The Balaban J connectivity index is 1.55. The van der Waals surface area contributed by atoms with Crippen molar-refractivity contribution in [3.8, 4) is 23.0 Å². The van der Waals surface area contributed by atoms with Crippen LogP contribution >= 0.6 is 0 Å². The molecule has 8 heteroatoms. The van der Waals surface area contributed by atoms with E-state index in [1.54, 1.807) is 74.7 Å². The highest BCUT2D eigenvalue weighted by Gasteiger charge is 2.17. The van der Waals surface area contributed by atoms with Crippen molar-refractivity contribution in [2.75, 3.05) is 41.5 Å². The lowest BCUT2D eigenvalue weighted by Gasteiger charge is -2.27. The van der Waals surface area contributed by atoms with Crippen molar-refractivity contribution in [1.29, 1.82) is 0 Å². The van der Waals surface area contributed by atoms with Gasteiger partial charge in [-0.05, 0) is 58.7 Å². The summed E-state index contributed by atoms with van der Waals surface area (Å²) in [5, 5.41) is 0. The largest absolute Gasteiger partial charge is 0.493 e. The van der Waals surface area contributed by atoms with Crippen LogP contribution in [0.4, 0.5) is 0 Å². The summed E-state index contributed by atoms with van der Waals surface area (Å²) in [5.74, 6) is 2.03. The summed E-state index contributed by atoms with van der Waals surface area (Å²) in [5.41, 5.74) is 3.58. The van der Waals surface area contributed by atoms with E-state index < -0.39 is 0 Å². The Morgan fingerprint density at radius 1 is 0.522 bits per heavy atom. The monoisotopic (exact) mass is 620 g/mol. The molecular formula is C38H40N2O6. The highest BCUT2D eigenvalue weighted by Crippen LogP contribution is 2.29. The molecule has 0 spiro atoms. The minimum atomic E-state index is -0.174. The summed E-state index contributed by atoms with van der Waals surface area (Å²) in [6.07, 6.45) is 6.59. The lowest BCUT2D eigenvalue weighted by atomic mass is 10.1. The summed E-state index contributed by atoms with van der Waals surface area (Å²) < 4.78 is 21.5. The predicted octanol–water partition coefficient (Wildman–Crippen LogP) is 6.51. The van der Waals surface area contributed by atoms with Gasteiger partial charge in [0.15, 0.2) is 23.0 Å². The molecule has 0 heterocycles. The van der Waals surface area contributed by atoms with Crippen LogP contribution < -0.4 is 18.9 Å². The molecule has 0 saturated heterocycles. The van der Waals surface area contributed by atoms with Crippen molar-refractivity contribution in [1.82, 2.24) is 9.80 Å². The normalized spacial score (nSPS) is 11.0. The number of benzene rings is 4. The molecule has 0 fully saturated rings. The first-order valence-electron chi connectivity index (χ1n) is 14.9. The number of carbonyl (C=O) groups excluding carboxylic acids is 2. The number of ether oxygens (including phenoxy) is 4. The molecule has 0 aliphatic heterocycles. The SMILES string of the molecule is COc1ccc(/C=C/C(=O)N(CCN(Cc2ccccc2)C(=O)/C=C/c2ccc(OC)c(OC)c2)Cc2ccccc2)cc1OC. The molecule has 4 aromatic carbocycles. The van der Waals surface area contributed by atoms with Gasteiger partial charge in [-0.15, -0.1) is 0 Å². The first kappa shape index (κ1) is 33.4. The van der Waals surface area contributed by atoms with Crippen molar-refractivity contribution < 1.29 is 28.5 Å². The Labute approximate surface area is 271 Å². The van der Waals surface area contributed by atoms with E-state index in [4.69, 9.17) is 18.9 Å². The third-order valence-corrected chi connectivity index (χ3v) is 7.35. The molecule has 4 aromatic rings. The first-order chi connectivity index (χ1) is 22.4. The number of hydrogen-bond acceptors (Lipinski definition) is 6. The van der Waals surface area contributed by atoms with E-state index in [2.05, 4.69) is 0 Å². The van der Waals surface area contributed by atoms with E-state index in [-0.39, 0.29) is 11.8 Å². The Morgan fingerprint density at radius 3 is 1.24 bits per heavy atom. The van der Waals surface area contributed by atoms with Gasteiger partial charge in [-0.2, -0.15) is 0 Å². The lowest BCUT2D eigenvalue weighted by Crippen LogP contribution is -2.39. The van der Waals surface area contributed by atoms with Crippen LogP contribution in [-0.4, -0.2) is 63.1 Å². The molecule has 0 aromatic heterocycles. The van der Waals surface area contributed by atoms with E-state index in [1.807, 2.05) is 84.9 Å². The van der Waals surface area contributed by atoms with Gasteiger partial charge < -0.3 is 28.7 Å². The molecule has 8 nitrogen and oxygen atoms in total. The number of hydrogen-bond donors (Lipinski definition) is 0. The van der Waals surface area contributed by atoms with Gasteiger partial charge in [0.2, 0.25) is 11.8 Å². The van der Waals surface area contributed by atoms with Crippen LogP contribution in [0.5, 0.6) is 23.0 Å². The maximum Gasteiger partial charge on any atom is 0.246 e. The fourth-order valence-corrected chi connectivity index (χ4v) is 4.84. The maximum absolute atomic E-state index is 13.6. The van der Waals surface area contributed by atoms with E-state index >= 15 is 0 Å². The van der Waals surface area contributed by atoms with E-state index in [1.165, 1.54) is 0 Å². The molecule has 0 saturated carbocycles. The molecule has 0 aliphatic rings. The van der Waals surface area contributed by atoms with E-state index in [0.717, 1.165) is 22.3 Å². The fraction of sp³-hybridized carbons (Fsp3) is 0.211. The standard InChI is InChI=1S/C38H40N2O6/c1-43-33-19-15-29(25-35(33)45-3)17-21-37(41)39(27-31-11-7-5-8-12-31)23-24-40(28-32-13-9-6-10-14-32)38(42)22-18-30-16-20-34(44-2)36(26-30)46-4/h5-22,25-26H,23-24,27-28H2,1-4H3/b21-17+,22-18+. The Kier molecular flexibility index (Phi) is 12.4. The van der Waals surface area contributed by atoms with Crippen LogP contribution in [0.15, 0.2) is 109 Å². The Bertz CT molecular complexity index is 1510. The van der Waals surface area contributed by atoms with Crippen molar-refractivity contribution in [2.45, 2.75) is 13.1 Å². The minimum Gasteiger partial charge on any atom is -0.493 e. The van der Waals surface area contributed by atoms with Gasteiger partial charge in [-0.25, -0.2) is 0 Å². The first-order valence-corrected chi connectivity index (χ1v) is 14.9. The number of methoxy groups -OCH3 is 4. The van der Waals surface area contributed by atoms with Crippen LogP contribution in [0.1, 0.15) is 22.3 Å². The zero-order chi connectivity index (χ0) is 32.7. The van der Waals surface area contributed by atoms with Gasteiger partial charge in [0.05, 0.1) is 28.4 Å². The molecule has 0 radical (unpaired) electrons. The van der Waals surface area contributed by atoms with Crippen LogP contribution in [0.3, 0.4) is 0 Å². The molecule has 4 rings (SSSR count). The summed E-state index contributed by atoms with van der Waals surface area (Å²) in [6, 6.07) is 30.5. The molecule has 0 atom stereocenters. The molecular weight excluding hydrogens is 580 g/mol. The molecule has 0 N–H and O–H groups in total. The number of rotatable bonds is 15. The highest BCUT2D eigenvalue weighted by molar-refractivity contribution is 5.93. The maximum atomic E-state index is 13.6. The van der Waals surface area contributed by atoms with E-state index in [9.17, 15) is 9.59 Å². The summed E-state index contributed by atoms with van der Waals surface area (Å²) in [6.45, 7) is 1.44. The zero-order valence-corrected chi connectivity index (χ0v) is 26.7. The van der Waals surface area contributed by atoms with Gasteiger partial charge in [-0.3, -0.25) is 9.59 Å². The molecule has 0 bridgehead atoms. The molecule has 46 heavy (non-hydrogen) atoms. The van der Waals surface area contributed by atoms with Crippen LogP contribution in [0, 0.1) is 0 Å². The Hall–Kier alpha value is -5.50. The molecule has 0 unspecified atom stereocenters. The second-order valence-corrected chi connectivity index (χ2v) is 10.4. The molecule has 0 aliphatic carbocycles. The second kappa shape index (κ2) is 17.1. The summed E-state index contributed by atoms with van der Waals surface area (Å²) in [7, 11) is 6.31. The van der Waals surface area contributed by atoms with Gasteiger partial charge in [0.1, 0.15) is 0 Å². The van der Waals surface area contributed by atoms with Crippen LogP contribution in [0.2, 0.25) is 0 Å². The van der Waals surface area contributed by atoms with Crippen LogP contribution in [-0.2, 0) is 22.7 Å². The van der Waals surface area contributed by atoms with Crippen LogP contribution in [0.25, 0.3) is 12.2 Å². The minimum absolute atomic E-state index is 0.174. The number of nitrogens with zero attached hydrogens (tertiary/aromatic N) is 2. The smallest absolute Gasteiger partial charge is 0.246 e. The second-order valence-electron chi connectivity index (χ2n) is 10.4. The average Bonchev–Trinajstić information content (AvgIpc) is 3.11. The zero-order valence-electron chi connectivity index (χ0n) is 26.7. The molecule has 2 amide bonds. The third-order valence-electron chi connectivity index (χ3n) is 7.35. The van der Waals surface area contributed by atoms with Gasteiger partial charge >= 0.3 is 0 Å². The third kappa shape index (κ3) is 9.50. The van der Waals surface area contributed by atoms with Gasteiger partial charge in [0.25, 0.3) is 0 Å². The van der Waals surface area contributed by atoms with Crippen molar-refractivity contribution in [3.63, 3.8) is 0 Å². The van der Waals surface area contributed by atoms with Crippen molar-refractivity contribution in [3.05, 3.63) is 131 Å². The lowest BCUT2D eigenvalue weighted by molar-refractivity contribution is -0.130. The molecule has 238 valence electrons. The predicted molar refractivity (Wildman–Crippen MR) is 181 cm³/mol. The van der Waals surface area contributed by atoms with Gasteiger partial charge in [-0.1, -0.05) is 72.8 Å². The quantitative estimate of drug-likeness (QED) is 0.141. The van der Waals surface area contributed by atoms with Crippen molar-refractivity contribution in [2.24, 2.45) is 0 Å². The highest BCUT2D eigenvalue weighted by atomic mass is 16.5. The topological polar surface area (TPSA) is 77.5 Å². The van der Waals surface area contributed by atoms with Crippen molar-refractivity contribution >= 4 is 24.0 Å².